The summed E-state index contributed by atoms with van der Waals surface area (Å²) in [6, 6.07) is 6.73. The van der Waals surface area contributed by atoms with Gasteiger partial charge in [0.2, 0.25) is 0 Å². The van der Waals surface area contributed by atoms with Gasteiger partial charge in [0.25, 0.3) is 11.6 Å². The number of nitrogens with one attached hydrogen (secondary N) is 1. The molecule has 0 spiro atoms. The molecule has 0 aliphatic heterocycles. The largest absolute Gasteiger partial charge is 0.505 e. The quantitative estimate of drug-likeness (QED) is 0.347. The van der Waals surface area contributed by atoms with Crippen LogP contribution in [0.3, 0.4) is 0 Å². The number of carbonyl (C=O) groups excluding carboxylic acids is 1. The van der Waals surface area contributed by atoms with Gasteiger partial charge in [-0.2, -0.15) is 0 Å². The van der Waals surface area contributed by atoms with Gasteiger partial charge in [0.05, 0.1) is 10.5 Å². The van der Waals surface area contributed by atoms with E-state index in [4.69, 9.17) is 5.73 Å². The zero-order chi connectivity index (χ0) is 15.6. The van der Waals surface area contributed by atoms with Crippen LogP contribution in [0.1, 0.15) is 10.4 Å². The second kappa shape index (κ2) is 5.45. The summed E-state index contributed by atoms with van der Waals surface area (Å²) in [6.45, 7) is 0. The Balaban J connectivity index is 2.41. The van der Waals surface area contributed by atoms with Crippen LogP contribution in [0.4, 0.5) is 21.5 Å². The van der Waals surface area contributed by atoms with Crippen molar-refractivity contribution >= 4 is 23.0 Å². The van der Waals surface area contributed by atoms with Crippen LogP contribution in [0, 0.1) is 15.9 Å². The van der Waals surface area contributed by atoms with E-state index in [2.05, 4.69) is 5.32 Å². The molecular weight excluding hydrogens is 281 g/mol. The van der Waals surface area contributed by atoms with Crippen molar-refractivity contribution in [2.24, 2.45) is 0 Å². The minimum Gasteiger partial charge on any atom is -0.505 e. The first-order chi connectivity index (χ1) is 9.90. The van der Waals surface area contributed by atoms with E-state index < -0.39 is 28.1 Å². The van der Waals surface area contributed by atoms with Gasteiger partial charge in [0, 0.05) is 11.8 Å². The highest BCUT2D eigenvalue weighted by Crippen LogP contribution is 2.33. The monoisotopic (exact) mass is 291 g/mol. The molecule has 2 aromatic rings. The number of nitro benzene ring substituents is 1. The summed E-state index contributed by atoms with van der Waals surface area (Å²) < 4.78 is 13.1. The van der Waals surface area contributed by atoms with Gasteiger partial charge in [-0.3, -0.25) is 14.9 Å². The van der Waals surface area contributed by atoms with Crippen molar-refractivity contribution in [3.8, 4) is 5.75 Å². The fraction of sp³-hybridized carbons (Fsp3) is 0. The van der Waals surface area contributed by atoms with E-state index in [1.165, 1.54) is 18.2 Å². The second-order valence-corrected chi connectivity index (χ2v) is 4.11. The number of rotatable bonds is 3. The zero-order valence-corrected chi connectivity index (χ0v) is 10.5. The van der Waals surface area contributed by atoms with E-state index in [-0.39, 0.29) is 16.9 Å². The average Bonchev–Trinajstić information content (AvgIpc) is 2.43. The molecule has 0 saturated heterocycles. The fourth-order valence-corrected chi connectivity index (χ4v) is 1.71. The number of nitrogens with zero attached hydrogens (tertiary/aromatic N) is 1. The van der Waals surface area contributed by atoms with Crippen LogP contribution >= 0.6 is 0 Å². The Labute approximate surface area is 118 Å². The van der Waals surface area contributed by atoms with E-state index in [0.29, 0.717) is 0 Å². The van der Waals surface area contributed by atoms with Crippen molar-refractivity contribution in [2.75, 3.05) is 11.1 Å². The molecule has 8 heteroatoms. The third-order valence-electron chi connectivity index (χ3n) is 2.72. The summed E-state index contributed by atoms with van der Waals surface area (Å²) in [5.74, 6) is -2.02. The summed E-state index contributed by atoms with van der Waals surface area (Å²) >= 11 is 0. The Bertz CT molecular complexity index is 733. The lowest BCUT2D eigenvalue weighted by molar-refractivity contribution is -0.384. The normalized spacial score (nSPS) is 10.1. The molecule has 108 valence electrons. The Morgan fingerprint density at radius 3 is 2.71 bits per heavy atom. The highest BCUT2D eigenvalue weighted by Gasteiger charge is 2.21. The number of aromatic hydroxyl groups is 1. The molecule has 0 radical (unpaired) electrons. The maximum absolute atomic E-state index is 13.1. The molecule has 1 amide bonds. The van der Waals surface area contributed by atoms with Gasteiger partial charge in [0.1, 0.15) is 11.6 Å². The number of anilines is 2. The standard InChI is InChI=1S/C13H10FN3O4/c14-7-4-5-9(15)8(6-7)13(19)16-12-10(17(20)21)2-1-3-11(12)18/h1-6,18H,15H2,(H,16,19). The SMILES string of the molecule is Nc1ccc(F)cc1C(=O)Nc1c(O)cccc1[N+](=O)[O-]. The Kier molecular flexibility index (Phi) is 3.70. The molecule has 0 saturated carbocycles. The van der Waals surface area contributed by atoms with Crippen molar-refractivity contribution in [1.29, 1.82) is 0 Å². The molecule has 21 heavy (non-hydrogen) atoms. The Hall–Kier alpha value is -3.16. The second-order valence-electron chi connectivity index (χ2n) is 4.11. The molecule has 0 unspecified atom stereocenters. The van der Waals surface area contributed by atoms with E-state index in [0.717, 1.165) is 18.2 Å². The van der Waals surface area contributed by atoms with Gasteiger partial charge >= 0.3 is 0 Å². The predicted molar refractivity (Wildman–Crippen MR) is 73.5 cm³/mol. The Morgan fingerprint density at radius 2 is 2.05 bits per heavy atom. The average molecular weight is 291 g/mol. The third-order valence-corrected chi connectivity index (χ3v) is 2.72. The number of benzene rings is 2. The molecule has 0 fully saturated rings. The van der Waals surface area contributed by atoms with E-state index >= 15 is 0 Å². The molecule has 0 aliphatic rings. The summed E-state index contributed by atoms with van der Waals surface area (Å²) in [5, 5.41) is 22.7. The number of para-hydroxylation sites is 1. The van der Waals surface area contributed by atoms with Crippen LogP contribution in [0.2, 0.25) is 0 Å². The number of amides is 1. The number of halogens is 1. The number of nitro groups is 1. The van der Waals surface area contributed by atoms with Crippen molar-refractivity contribution in [1.82, 2.24) is 0 Å². The van der Waals surface area contributed by atoms with Gasteiger partial charge in [-0.15, -0.1) is 0 Å². The zero-order valence-electron chi connectivity index (χ0n) is 10.5. The van der Waals surface area contributed by atoms with E-state index in [1.54, 1.807) is 0 Å². The van der Waals surface area contributed by atoms with Crippen molar-refractivity contribution < 1.29 is 19.2 Å². The number of nitrogen functional groups attached to an aromatic ring is 1. The Morgan fingerprint density at radius 1 is 1.33 bits per heavy atom. The number of phenols is 1. The molecule has 2 rings (SSSR count). The predicted octanol–water partition coefficient (Wildman–Crippen LogP) is 2.27. The topological polar surface area (TPSA) is 118 Å². The lowest BCUT2D eigenvalue weighted by Gasteiger charge is -2.09. The molecule has 0 aromatic heterocycles. The van der Waals surface area contributed by atoms with Crippen LogP contribution in [0.15, 0.2) is 36.4 Å². The highest BCUT2D eigenvalue weighted by atomic mass is 19.1. The number of hydrogen-bond acceptors (Lipinski definition) is 5. The van der Waals surface area contributed by atoms with Gasteiger partial charge in [-0.1, -0.05) is 6.07 Å². The van der Waals surface area contributed by atoms with E-state index in [9.17, 15) is 24.4 Å². The first kappa shape index (κ1) is 14.3. The van der Waals surface area contributed by atoms with Crippen molar-refractivity contribution in [3.05, 3.63) is 57.9 Å². The molecule has 0 heterocycles. The molecule has 7 nitrogen and oxygen atoms in total. The van der Waals surface area contributed by atoms with Crippen LogP contribution in [-0.2, 0) is 0 Å². The highest BCUT2D eigenvalue weighted by molar-refractivity contribution is 6.09. The van der Waals surface area contributed by atoms with Gasteiger partial charge in [0.15, 0.2) is 5.69 Å². The molecular formula is C13H10FN3O4. The lowest BCUT2D eigenvalue weighted by Crippen LogP contribution is -2.15. The van der Waals surface area contributed by atoms with Gasteiger partial charge in [-0.05, 0) is 24.3 Å². The number of carbonyl (C=O) groups is 1. The van der Waals surface area contributed by atoms with Crippen LogP contribution < -0.4 is 11.1 Å². The van der Waals surface area contributed by atoms with Crippen LogP contribution in [0.25, 0.3) is 0 Å². The van der Waals surface area contributed by atoms with E-state index in [1.807, 2.05) is 0 Å². The van der Waals surface area contributed by atoms with Gasteiger partial charge < -0.3 is 16.2 Å². The number of nitrogens with two attached hydrogens (primary N) is 1. The fourth-order valence-electron chi connectivity index (χ4n) is 1.71. The molecule has 0 aliphatic carbocycles. The number of hydrogen-bond donors (Lipinski definition) is 3. The summed E-state index contributed by atoms with van der Waals surface area (Å²) in [4.78, 5) is 22.1. The number of phenolic OH excluding ortho intramolecular Hbond substituents is 1. The summed E-state index contributed by atoms with van der Waals surface area (Å²) in [6.07, 6.45) is 0. The molecule has 4 N–H and O–H groups in total. The molecule has 0 atom stereocenters. The summed E-state index contributed by atoms with van der Waals surface area (Å²) in [5.41, 5.74) is 4.51. The van der Waals surface area contributed by atoms with Crippen LogP contribution in [0.5, 0.6) is 5.75 Å². The summed E-state index contributed by atoms with van der Waals surface area (Å²) in [7, 11) is 0. The van der Waals surface area contributed by atoms with Gasteiger partial charge in [-0.25, -0.2) is 4.39 Å². The van der Waals surface area contributed by atoms with Crippen molar-refractivity contribution in [3.63, 3.8) is 0 Å². The minimum absolute atomic E-state index is 0.00646. The lowest BCUT2D eigenvalue weighted by atomic mass is 10.1. The van der Waals surface area contributed by atoms with Crippen molar-refractivity contribution in [2.45, 2.75) is 0 Å². The molecule has 0 bridgehead atoms. The smallest absolute Gasteiger partial charge is 0.296 e. The maximum atomic E-state index is 13.1. The first-order valence-corrected chi connectivity index (χ1v) is 5.73. The molecule has 2 aromatic carbocycles. The maximum Gasteiger partial charge on any atom is 0.296 e. The first-order valence-electron chi connectivity index (χ1n) is 5.73. The minimum atomic E-state index is -0.864. The van der Waals surface area contributed by atoms with Crippen LogP contribution in [-0.4, -0.2) is 15.9 Å². The third kappa shape index (κ3) is 2.89.